The van der Waals surface area contributed by atoms with Crippen molar-refractivity contribution in [3.63, 3.8) is 0 Å². The van der Waals surface area contributed by atoms with Crippen molar-refractivity contribution in [2.45, 2.75) is 38.5 Å². The van der Waals surface area contributed by atoms with Gasteiger partial charge in [-0.15, -0.1) is 0 Å². The van der Waals surface area contributed by atoms with E-state index in [-0.39, 0.29) is 18.2 Å². The van der Waals surface area contributed by atoms with Crippen LogP contribution in [0.4, 0.5) is 10.5 Å². The van der Waals surface area contributed by atoms with Crippen LogP contribution in [0.1, 0.15) is 31.4 Å². The lowest BCUT2D eigenvalue weighted by Gasteiger charge is -2.14. The third-order valence-electron chi connectivity index (χ3n) is 4.00. The van der Waals surface area contributed by atoms with Gasteiger partial charge in [0.05, 0.1) is 30.6 Å². The van der Waals surface area contributed by atoms with E-state index >= 15 is 0 Å². The number of aromatic nitrogens is 2. The topological polar surface area (TPSA) is 68.2 Å². The van der Waals surface area contributed by atoms with Gasteiger partial charge in [-0.05, 0) is 37.5 Å². The van der Waals surface area contributed by atoms with Crippen LogP contribution < -0.4 is 10.6 Å². The number of carbonyl (C=O) groups excluding carboxylic acids is 1. The fourth-order valence-electron chi connectivity index (χ4n) is 2.75. The maximum atomic E-state index is 12.1. The number of rotatable bonds is 5. The number of halogens is 1. The molecular formula is C17H21ClN4O2. The molecule has 1 aliphatic rings. The highest BCUT2D eigenvalue weighted by Crippen LogP contribution is 2.18. The highest BCUT2D eigenvalue weighted by Gasteiger charge is 2.17. The van der Waals surface area contributed by atoms with E-state index in [1.807, 2.05) is 31.3 Å². The highest BCUT2D eigenvalue weighted by molar-refractivity contribution is 6.30. The Bertz CT molecular complexity index is 697. The summed E-state index contributed by atoms with van der Waals surface area (Å²) in [6.45, 7) is 3.44. The lowest BCUT2D eigenvalue weighted by molar-refractivity contribution is 0.0940. The van der Waals surface area contributed by atoms with Gasteiger partial charge in [0.2, 0.25) is 0 Å². The Labute approximate surface area is 146 Å². The van der Waals surface area contributed by atoms with E-state index in [2.05, 4.69) is 15.7 Å². The molecule has 7 heteroatoms. The van der Waals surface area contributed by atoms with Crippen LogP contribution in [0.3, 0.4) is 0 Å². The minimum Gasteiger partial charge on any atom is -0.376 e. The second-order valence-corrected chi connectivity index (χ2v) is 6.40. The third kappa shape index (κ3) is 4.49. The summed E-state index contributed by atoms with van der Waals surface area (Å²) in [4.78, 5) is 12.1. The zero-order chi connectivity index (χ0) is 16.9. The first-order valence-electron chi connectivity index (χ1n) is 8.07. The van der Waals surface area contributed by atoms with Gasteiger partial charge in [-0.25, -0.2) is 4.79 Å². The zero-order valence-electron chi connectivity index (χ0n) is 13.5. The molecule has 2 heterocycles. The summed E-state index contributed by atoms with van der Waals surface area (Å²) in [6, 6.07) is 7.01. The quantitative estimate of drug-likeness (QED) is 0.867. The summed E-state index contributed by atoms with van der Waals surface area (Å²) in [6.07, 6.45) is 5.82. The molecule has 1 aromatic carbocycles. The average Bonchev–Trinajstić information content (AvgIpc) is 3.20. The molecule has 2 unspecified atom stereocenters. The van der Waals surface area contributed by atoms with Gasteiger partial charge in [-0.3, -0.25) is 4.68 Å². The molecule has 0 aliphatic carbocycles. The number of amides is 2. The van der Waals surface area contributed by atoms with Crippen LogP contribution in [0.25, 0.3) is 0 Å². The van der Waals surface area contributed by atoms with Gasteiger partial charge >= 0.3 is 6.03 Å². The van der Waals surface area contributed by atoms with Crippen molar-refractivity contribution >= 4 is 23.3 Å². The molecule has 2 N–H and O–H groups in total. The van der Waals surface area contributed by atoms with Crippen molar-refractivity contribution in [1.82, 2.24) is 15.1 Å². The summed E-state index contributed by atoms with van der Waals surface area (Å²) in [7, 11) is 0. The van der Waals surface area contributed by atoms with Crippen LogP contribution in [0.5, 0.6) is 0 Å². The van der Waals surface area contributed by atoms with Gasteiger partial charge in [0.15, 0.2) is 0 Å². The molecule has 0 saturated carbocycles. The Morgan fingerprint density at radius 3 is 3.17 bits per heavy atom. The van der Waals surface area contributed by atoms with Crippen LogP contribution >= 0.6 is 11.6 Å². The molecule has 1 aromatic heterocycles. The summed E-state index contributed by atoms with van der Waals surface area (Å²) < 4.78 is 7.38. The van der Waals surface area contributed by atoms with Crippen LogP contribution in [0.15, 0.2) is 36.7 Å². The maximum Gasteiger partial charge on any atom is 0.319 e. The van der Waals surface area contributed by atoms with Gasteiger partial charge in [-0.2, -0.15) is 5.10 Å². The summed E-state index contributed by atoms with van der Waals surface area (Å²) in [5, 5.41) is 10.6. The second-order valence-electron chi connectivity index (χ2n) is 5.96. The standard InChI is InChI=1S/C17H21ClN4O2/c1-12(13-4-2-5-14(18)8-13)20-17(23)21-15-9-19-22(10-15)11-16-6-3-7-24-16/h2,4-5,8-10,12,16H,3,6-7,11H2,1H3,(H2,20,21,23). The minimum atomic E-state index is -0.279. The van der Waals surface area contributed by atoms with E-state index in [1.165, 1.54) is 0 Å². The molecule has 3 rings (SSSR count). The van der Waals surface area contributed by atoms with E-state index in [9.17, 15) is 4.79 Å². The first kappa shape index (κ1) is 16.8. The molecule has 1 aliphatic heterocycles. The number of ether oxygens (including phenoxy) is 1. The molecule has 2 atom stereocenters. The molecule has 1 saturated heterocycles. The highest BCUT2D eigenvalue weighted by atomic mass is 35.5. The smallest absolute Gasteiger partial charge is 0.319 e. The van der Waals surface area contributed by atoms with Crippen molar-refractivity contribution < 1.29 is 9.53 Å². The predicted octanol–water partition coefficient (Wildman–Crippen LogP) is 3.60. The van der Waals surface area contributed by atoms with E-state index in [1.54, 1.807) is 16.9 Å². The maximum absolute atomic E-state index is 12.1. The van der Waals surface area contributed by atoms with E-state index in [0.717, 1.165) is 25.0 Å². The number of hydrogen-bond donors (Lipinski definition) is 2. The van der Waals surface area contributed by atoms with Crippen molar-refractivity contribution in [1.29, 1.82) is 0 Å². The predicted molar refractivity (Wildman–Crippen MR) is 93.2 cm³/mol. The summed E-state index contributed by atoms with van der Waals surface area (Å²) in [5.41, 5.74) is 1.61. The zero-order valence-corrected chi connectivity index (χ0v) is 14.3. The first-order chi connectivity index (χ1) is 11.6. The van der Waals surface area contributed by atoms with Crippen LogP contribution in [-0.2, 0) is 11.3 Å². The normalized spacial score (nSPS) is 18.3. The number of urea groups is 1. The summed E-state index contributed by atoms with van der Waals surface area (Å²) >= 11 is 5.98. The Hall–Kier alpha value is -2.05. The number of nitrogens with one attached hydrogen (secondary N) is 2. The van der Waals surface area contributed by atoms with Crippen LogP contribution in [-0.4, -0.2) is 28.5 Å². The molecular weight excluding hydrogens is 328 g/mol. The Morgan fingerprint density at radius 1 is 1.54 bits per heavy atom. The van der Waals surface area contributed by atoms with E-state index in [4.69, 9.17) is 16.3 Å². The lowest BCUT2D eigenvalue weighted by atomic mass is 10.1. The molecule has 128 valence electrons. The SMILES string of the molecule is CC(NC(=O)Nc1cnn(CC2CCCO2)c1)c1cccc(Cl)c1. The molecule has 2 aromatic rings. The molecule has 1 fully saturated rings. The van der Waals surface area contributed by atoms with Gasteiger partial charge in [0, 0.05) is 17.8 Å². The molecule has 6 nitrogen and oxygen atoms in total. The van der Waals surface area contributed by atoms with Crippen molar-refractivity contribution in [2.75, 3.05) is 11.9 Å². The fourth-order valence-corrected chi connectivity index (χ4v) is 2.95. The van der Waals surface area contributed by atoms with Crippen molar-refractivity contribution in [3.05, 3.63) is 47.2 Å². The first-order valence-corrected chi connectivity index (χ1v) is 8.45. The Kier molecular flexibility index (Phi) is 5.37. The number of nitrogens with zero attached hydrogens (tertiary/aromatic N) is 2. The van der Waals surface area contributed by atoms with Gasteiger partial charge in [0.1, 0.15) is 0 Å². The Morgan fingerprint density at radius 2 is 2.42 bits per heavy atom. The monoisotopic (exact) mass is 348 g/mol. The summed E-state index contributed by atoms with van der Waals surface area (Å²) in [5.74, 6) is 0. The molecule has 0 radical (unpaired) electrons. The fraction of sp³-hybridized carbons (Fsp3) is 0.412. The number of hydrogen-bond acceptors (Lipinski definition) is 3. The Balaban J connectivity index is 1.52. The van der Waals surface area contributed by atoms with Crippen LogP contribution in [0, 0.1) is 0 Å². The average molecular weight is 349 g/mol. The third-order valence-corrected chi connectivity index (χ3v) is 4.24. The largest absolute Gasteiger partial charge is 0.376 e. The van der Waals surface area contributed by atoms with Crippen molar-refractivity contribution in [3.8, 4) is 0 Å². The number of carbonyl (C=O) groups is 1. The molecule has 0 spiro atoms. The molecule has 0 bridgehead atoms. The number of anilines is 1. The van der Waals surface area contributed by atoms with Crippen LogP contribution in [0.2, 0.25) is 5.02 Å². The van der Waals surface area contributed by atoms with Crippen molar-refractivity contribution in [2.24, 2.45) is 0 Å². The van der Waals surface area contributed by atoms with Gasteiger partial charge in [0.25, 0.3) is 0 Å². The van der Waals surface area contributed by atoms with E-state index < -0.39 is 0 Å². The lowest BCUT2D eigenvalue weighted by Crippen LogP contribution is -2.31. The molecule has 24 heavy (non-hydrogen) atoms. The molecule has 2 amide bonds. The van der Waals surface area contributed by atoms with Gasteiger partial charge < -0.3 is 15.4 Å². The second kappa shape index (κ2) is 7.68. The van der Waals surface area contributed by atoms with Gasteiger partial charge in [-0.1, -0.05) is 23.7 Å². The van der Waals surface area contributed by atoms with E-state index in [0.29, 0.717) is 17.3 Å². The minimum absolute atomic E-state index is 0.148. The number of benzene rings is 1.